The Bertz CT molecular complexity index is 97.7. The molecule has 0 aromatic carbocycles. The zero-order chi connectivity index (χ0) is 8.10. The number of likely N-dealkylation sites (tertiary alicyclic amines) is 1. The van der Waals surface area contributed by atoms with Crippen molar-refractivity contribution >= 4 is 0 Å². The van der Waals surface area contributed by atoms with E-state index in [1.165, 1.54) is 32.4 Å². The minimum atomic E-state index is 0.782. The molecule has 0 aromatic rings. The largest absolute Gasteiger partial charge is 0.320 e. The van der Waals surface area contributed by atoms with Crippen molar-refractivity contribution in [1.82, 2.24) is 10.2 Å². The molecule has 1 saturated heterocycles. The summed E-state index contributed by atoms with van der Waals surface area (Å²) >= 11 is 0. The van der Waals surface area contributed by atoms with Crippen LogP contribution < -0.4 is 5.32 Å². The smallest absolute Gasteiger partial charge is 0.00790 e. The third-order valence-electron chi connectivity index (χ3n) is 2.58. The van der Waals surface area contributed by atoms with Gasteiger partial charge < -0.3 is 10.2 Å². The predicted octanol–water partition coefficient (Wildman–Crippen LogP) is 1.08. The van der Waals surface area contributed by atoms with Gasteiger partial charge in [-0.2, -0.15) is 0 Å². The molecule has 0 saturated carbocycles. The Morgan fingerprint density at radius 2 is 2.00 bits per heavy atom. The highest BCUT2D eigenvalue weighted by Gasteiger charge is 2.16. The maximum Gasteiger partial charge on any atom is 0.00790 e. The zero-order valence-electron chi connectivity index (χ0n) is 7.77. The second-order valence-electron chi connectivity index (χ2n) is 3.48. The van der Waals surface area contributed by atoms with Crippen molar-refractivity contribution in [2.75, 3.05) is 26.7 Å². The van der Waals surface area contributed by atoms with Gasteiger partial charge in [-0.15, -0.1) is 0 Å². The summed E-state index contributed by atoms with van der Waals surface area (Å²) in [5.74, 6) is 0. The summed E-state index contributed by atoms with van der Waals surface area (Å²) < 4.78 is 0. The first-order valence-corrected chi connectivity index (χ1v) is 4.73. The molecule has 0 aliphatic carbocycles. The zero-order valence-corrected chi connectivity index (χ0v) is 7.77. The number of hydrogen-bond donors (Lipinski definition) is 1. The van der Waals surface area contributed by atoms with E-state index in [-0.39, 0.29) is 0 Å². The molecule has 0 spiro atoms. The Balaban J connectivity index is 2.12. The molecule has 0 radical (unpaired) electrons. The minimum Gasteiger partial charge on any atom is -0.320 e. The average Bonchev–Trinajstić information content (AvgIpc) is 2.52. The van der Waals surface area contributed by atoms with Gasteiger partial charge in [0.05, 0.1) is 0 Å². The number of nitrogens with zero attached hydrogens (tertiary/aromatic N) is 1. The first-order chi connectivity index (χ1) is 5.34. The van der Waals surface area contributed by atoms with Crippen molar-refractivity contribution in [3.63, 3.8) is 0 Å². The van der Waals surface area contributed by atoms with Crippen molar-refractivity contribution in [3.05, 3.63) is 0 Å². The lowest BCUT2D eigenvalue weighted by Crippen LogP contribution is -2.32. The van der Waals surface area contributed by atoms with Gasteiger partial charge in [-0.1, -0.05) is 0 Å². The molecule has 1 aliphatic rings. The molecular formula is C9H20N2. The van der Waals surface area contributed by atoms with Gasteiger partial charge in [-0.05, 0) is 52.9 Å². The summed E-state index contributed by atoms with van der Waals surface area (Å²) in [7, 11) is 2.02. The van der Waals surface area contributed by atoms with Crippen LogP contribution in [0.5, 0.6) is 0 Å². The molecule has 0 unspecified atom stereocenters. The molecule has 1 N–H and O–H groups in total. The fourth-order valence-electron chi connectivity index (χ4n) is 1.72. The summed E-state index contributed by atoms with van der Waals surface area (Å²) in [4.78, 5) is 2.59. The molecular weight excluding hydrogens is 136 g/mol. The SMILES string of the molecule is CNCC[C@H](C)N1CCCC1. The van der Waals surface area contributed by atoms with Crippen LogP contribution in [0.1, 0.15) is 26.2 Å². The number of rotatable bonds is 4. The van der Waals surface area contributed by atoms with Gasteiger partial charge in [0.25, 0.3) is 0 Å². The van der Waals surface area contributed by atoms with Crippen LogP contribution >= 0.6 is 0 Å². The maximum atomic E-state index is 3.20. The molecule has 0 aromatic heterocycles. The Hall–Kier alpha value is -0.0800. The second-order valence-corrected chi connectivity index (χ2v) is 3.48. The second kappa shape index (κ2) is 4.73. The summed E-state index contributed by atoms with van der Waals surface area (Å²) in [5, 5.41) is 3.20. The molecule has 2 heteroatoms. The van der Waals surface area contributed by atoms with E-state index in [1.807, 2.05) is 7.05 Å². The van der Waals surface area contributed by atoms with Gasteiger partial charge in [-0.3, -0.25) is 0 Å². The van der Waals surface area contributed by atoms with E-state index in [1.54, 1.807) is 0 Å². The van der Waals surface area contributed by atoms with Crippen LogP contribution in [0.15, 0.2) is 0 Å². The van der Waals surface area contributed by atoms with Crippen LogP contribution in [0.3, 0.4) is 0 Å². The van der Waals surface area contributed by atoms with Crippen LogP contribution in [0.25, 0.3) is 0 Å². The van der Waals surface area contributed by atoms with E-state index in [2.05, 4.69) is 17.1 Å². The molecule has 1 aliphatic heterocycles. The van der Waals surface area contributed by atoms with Crippen LogP contribution in [0, 0.1) is 0 Å². The fourth-order valence-corrected chi connectivity index (χ4v) is 1.72. The van der Waals surface area contributed by atoms with E-state index in [0.29, 0.717) is 0 Å². The number of hydrogen-bond acceptors (Lipinski definition) is 2. The van der Waals surface area contributed by atoms with E-state index in [0.717, 1.165) is 12.6 Å². The Morgan fingerprint density at radius 3 is 2.55 bits per heavy atom. The van der Waals surface area contributed by atoms with Crippen LogP contribution in [-0.2, 0) is 0 Å². The molecule has 2 nitrogen and oxygen atoms in total. The summed E-state index contributed by atoms with van der Waals surface area (Å²) in [5.41, 5.74) is 0. The van der Waals surface area contributed by atoms with Crippen molar-refractivity contribution in [1.29, 1.82) is 0 Å². The monoisotopic (exact) mass is 156 g/mol. The van der Waals surface area contributed by atoms with Gasteiger partial charge in [0.1, 0.15) is 0 Å². The average molecular weight is 156 g/mol. The first-order valence-electron chi connectivity index (χ1n) is 4.73. The molecule has 1 fully saturated rings. The lowest BCUT2D eigenvalue weighted by atomic mass is 10.2. The highest BCUT2D eigenvalue weighted by Crippen LogP contribution is 2.12. The lowest BCUT2D eigenvalue weighted by Gasteiger charge is -2.23. The third-order valence-corrected chi connectivity index (χ3v) is 2.58. The molecule has 0 bridgehead atoms. The standard InChI is InChI=1S/C9H20N2/c1-9(5-6-10-2)11-7-3-4-8-11/h9-10H,3-8H2,1-2H3/t9-/m0/s1. The van der Waals surface area contributed by atoms with Gasteiger partial charge in [0, 0.05) is 6.04 Å². The van der Waals surface area contributed by atoms with Gasteiger partial charge in [-0.25, -0.2) is 0 Å². The van der Waals surface area contributed by atoms with Crippen LogP contribution in [0.2, 0.25) is 0 Å². The van der Waals surface area contributed by atoms with Gasteiger partial charge in [0.2, 0.25) is 0 Å². The van der Waals surface area contributed by atoms with E-state index in [4.69, 9.17) is 0 Å². The summed E-state index contributed by atoms with van der Waals surface area (Å²) in [6.07, 6.45) is 4.10. The van der Waals surface area contributed by atoms with Crippen LogP contribution in [-0.4, -0.2) is 37.6 Å². The van der Waals surface area contributed by atoms with Crippen molar-refractivity contribution in [2.45, 2.75) is 32.2 Å². The van der Waals surface area contributed by atoms with Crippen LogP contribution in [0.4, 0.5) is 0 Å². The summed E-state index contributed by atoms with van der Waals surface area (Å²) in [6, 6.07) is 0.782. The van der Waals surface area contributed by atoms with Gasteiger partial charge in [0.15, 0.2) is 0 Å². The Kier molecular flexibility index (Phi) is 3.87. The quantitative estimate of drug-likeness (QED) is 0.655. The third kappa shape index (κ3) is 2.80. The first kappa shape index (κ1) is 9.01. The van der Waals surface area contributed by atoms with Crippen molar-refractivity contribution < 1.29 is 0 Å². The highest BCUT2D eigenvalue weighted by molar-refractivity contribution is 4.72. The molecule has 11 heavy (non-hydrogen) atoms. The van der Waals surface area contributed by atoms with Crippen molar-refractivity contribution in [3.8, 4) is 0 Å². The Labute approximate surface area is 70.0 Å². The van der Waals surface area contributed by atoms with E-state index < -0.39 is 0 Å². The van der Waals surface area contributed by atoms with E-state index >= 15 is 0 Å². The Morgan fingerprint density at radius 1 is 1.36 bits per heavy atom. The fraction of sp³-hybridized carbons (Fsp3) is 1.00. The molecule has 1 heterocycles. The molecule has 66 valence electrons. The highest BCUT2D eigenvalue weighted by atomic mass is 15.2. The van der Waals surface area contributed by atoms with E-state index in [9.17, 15) is 0 Å². The molecule has 1 atom stereocenters. The maximum absolute atomic E-state index is 3.20. The molecule has 1 rings (SSSR count). The lowest BCUT2D eigenvalue weighted by molar-refractivity contribution is 0.247. The predicted molar refractivity (Wildman–Crippen MR) is 48.8 cm³/mol. The normalized spacial score (nSPS) is 22.4. The summed E-state index contributed by atoms with van der Waals surface area (Å²) in [6.45, 7) is 6.14. The minimum absolute atomic E-state index is 0.782. The molecule has 0 amide bonds. The number of nitrogens with one attached hydrogen (secondary N) is 1. The topological polar surface area (TPSA) is 15.3 Å². The van der Waals surface area contributed by atoms with Gasteiger partial charge >= 0.3 is 0 Å². The van der Waals surface area contributed by atoms with Crippen molar-refractivity contribution in [2.24, 2.45) is 0 Å².